The van der Waals surface area contributed by atoms with E-state index in [1.54, 1.807) is 25.1 Å². The summed E-state index contributed by atoms with van der Waals surface area (Å²) < 4.78 is 7.30. The summed E-state index contributed by atoms with van der Waals surface area (Å²) >= 11 is 7.68. The van der Waals surface area contributed by atoms with Crippen molar-refractivity contribution in [2.45, 2.75) is 30.8 Å². The molecule has 2 N–H and O–H groups in total. The number of hydrogen-bond donors (Lipinski definition) is 1. The van der Waals surface area contributed by atoms with Gasteiger partial charge in [0.2, 0.25) is 0 Å². The fourth-order valence-electron chi connectivity index (χ4n) is 2.12. The molecule has 21 heavy (non-hydrogen) atoms. The molecule has 0 saturated heterocycles. The van der Waals surface area contributed by atoms with Gasteiger partial charge in [0.05, 0.1) is 25.0 Å². The van der Waals surface area contributed by atoms with Crippen LogP contribution in [-0.2, 0) is 6.54 Å². The zero-order valence-electron chi connectivity index (χ0n) is 12.3. The molecule has 1 unspecified atom stereocenters. The quantitative estimate of drug-likeness (QED) is 0.788. The summed E-state index contributed by atoms with van der Waals surface area (Å²) in [6.45, 7) is 2.96. The predicted octanol–water partition coefficient (Wildman–Crippen LogP) is 3.75. The molecule has 0 saturated carbocycles. The summed E-state index contributed by atoms with van der Waals surface area (Å²) in [7, 11) is 1.65. The minimum Gasteiger partial charge on any atom is -0.493 e. The van der Waals surface area contributed by atoms with Crippen LogP contribution in [0, 0.1) is 0 Å². The Morgan fingerprint density at radius 2 is 2.29 bits per heavy atom. The Hall–Kier alpha value is -1.17. The van der Waals surface area contributed by atoms with Gasteiger partial charge in [-0.05, 0) is 24.6 Å². The van der Waals surface area contributed by atoms with Gasteiger partial charge in [0, 0.05) is 22.2 Å². The Balaban J connectivity index is 2.09. The third kappa shape index (κ3) is 4.15. The van der Waals surface area contributed by atoms with Crippen LogP contribution in [0.15, 0.2) is 35.4 Å². The first-order valence-corrected chi connectivity index (χ1v) is 8.25. The van der Waals surface area contributed by atoms with Gasteiger partial charge in [-0.25, -0.2) is 0 Å². The van der Waals surface area contributed by atoms with E-state index >= 15 is 0 Å². The molecule has 0 bridgehead atoms. The fourth-order valence-corrected chi connectivity index (χ4v) is 3.29. The second-order valence-electron chi connectivity index (χ2n) is 4.70. The van der Waals surface area contributed by atoms with E-state index in [2.05, 4.69) is 12.0 Å². The van der Waals surface area contributed by atoms with Gasteiger partial charge >= 0.3 is 0 Å². The topological polar surface area (TPSA) is 53.1 Å². The van der Waals surface area contributed by atoms with Crippen LogP contribution in [-0.4, -0.2) is 22.6 Å². The van der Waals surface area contributed by atoms with Gasteiger partial charge < -0.3 is 10.5 Å². The van der Waals surface area contributed by atoms with Gasteiger partial charge in [0.1, 0.15) is 0 Å². The molecule has 0 aliphatic rings. The van der Waals surface area contributed by atoms with Gasteiger partial charge in [0.25, 0.3) is 0 Å². The third-order valence-corrected chi connectivity index (χ3v) is 4.43. The van der Waals surface area contributed by atoms with Gasteiger partial charge in [-0.15, -0.1) is 11.8 Å². The molecular formula is C15H20ClN3OS. The molecule has 2 aromatic rings. The van der Waals surface area contributed by atoms with Crippen LogP contribution in [0.1, 0.15) is 25.1 Å². The summed E-state index contributed by atoms with van der Waals surface area (Å²) in [5.74, 6) is 1.49. The Labute approximate surface area is 134 Å². The highest BCUT2D eigenvalue weighted by molar-refractivity contribution is 7.99. The Kier molecular flexibility index (Phi) is 5.96. The molecule has 0 fully saturated rings. The molecule has 1 aromatic carbocycles. The predicted molar refractivity (Wildman–Crippen MR) is 88.2 cm³/mol. The van der Waals surface area contributed by atoms with E-state index in [4.69, 9.17) is 22.1 Å². The van der Waals surface area contributed by atoms with E-state index in [-0.39, 0.29) is 6.04 Å². The Bertz CT molecular complexity index is 588. The van der Waals surface area contributed by atoms with E-state index in [1.165, 1.54) is 0 Å². The lowest BCUT2D eigenvalue weighted by molar-refractivity contribution is 0.403. The van der Waals surface area contributed by atoms with Gasteiger partial charge in [-0.3, -0.25) is 4.68 Å². The van der Waals surface area contributed by atoms with Crippen LogP contribution in [0.2, 0.25) is 5.02 Å². The Morgan fingerprint density at radius 1 is 1.48 bits per heavy atom. The number of hydrogen-bond acceptors (Lipinski definition) is 4. The normalized spacial score (nSPS) is 12.4. The van der Waals surface area contributed by atoms with Crippen LogP contribution in [0.5, 0.6) is 5.75 Å². The summed E-state index contributed by atoms with van der Waals surface area (Å²) in [6, 6.07) is 7.64. The average Bonchev–Trinajstić information content (AvgIpc) is 2.88. The van der Waals surface area contributed by atoms with Crippen molar-refractivity contribution < 1.29 is 4.74 Å². The van der Waals surface area contributed by atoms with Crippen LogP contribution < -0.4 is 10.5 Å². The van der Waals surface area contributed by atoms with Crippen molar-refractivity contribution in [3.05, 3.63) is 41.2 Å². The van der Waals surface area contributed by atoms with Crippen molar-refractivity contribution >= 4 is 23.4 Å². The largest absolute Gasteiger partial charge is 0.493 e. The molecule has 6 heteroatoms. The fraction of sp³-hybridized carbons (Fsp3) is 0.400. The number of rotatable bonds is 7. The second-order valence-corrected chi connectivity index (χ2v) is 6.23. The van der Waals surface area contributed by atoms with Crippen molar-refractivity contribution in [3.63, 3.8) is 0 Å². The molecule has 0 aliphatic carbocycles. The maximum absolute atomic E-state index is 6.34. The number of benzene rings is 1. The van der Waals surface area contributed by atoms with Gasteiger partial charge in [-0.2, -0.15) is 5.10 Å². The lowest BCUT2D eigenvalue weighted by Crippen LogP contribution is -2.19. The van der Waals surface area contributed by atoms with Crippen LogP contribution >= 0.6 is 23.4 Å². The number of halogens is 1. The second kappa shape index (κ2) is 7.73. The molecule has 1 aromatic heterocycles. The summed E-state index contributed by atoms with van der Waals surface area (Å²) in [6.07, 6.45) is 2.74. The summed E-state index contributed by atoms with van der Waals surface area (Å²) in [5, 5.41) is 5.09. The lowest BCUT2D eigenvalue weighted by Gasteiger charge is -2.15. The van der Waals surface area contributed by atoms with E-state index in [0.29, 0.717) is 0 Å². The first kappa shape index (κ1) is 16.2. The molecule has 0 spiro atoms. The number of thioether (sulfide) groups is 1. The smallest absolute Gasteiger partial charge is 0.161 e. The molecule has 2 rings (SSSR count). The Morgan fingerprint density at radius 3 is 2.95 bits per heavy atom. The highest BCUT2D eigenvalue weighted by Crippen LogP contribution is 2.29. The number of methoxy groups -OCH3 is 1. The highest BCUT2D eigenvalue weighted by atomic mass is 35.5. The van der Waals surface area contributed by atoms with Crippen molar-refractivity contribution in [1.29, 1.82) is 0 Å². The maximum atomic E-state index is 6.34. The maximum Gasteiger partial charge on any atom is 0.161 e. The first-order valence-electron chi connectivity index (χ1n) is 6.89. The number of aromatic nitrogens is 2. The summed E-state index contributed by atoms with van der Waals surface area (Å²) in [5.41, 5.74) is 7.29. The van der Waals surface area contributed by atoms with E-state index in [1.807, 2.05) is 28.9 Å². The number of nitrogens with zero attached hydrogens (tertiary/aromatic N) is 2. The van der Waals surface area contributed by atoms with E-state index in [0.717, 1.165) is 40.1 Å². The van der Waals surface area contributed by atoms with Crippen LogP contribution in [0.25, 0.3) is 0 Å². The molecule has 0 radical (unpaired) electrons. The minimum atomic E-state index is -0.141. The molecule has 4 nitrogen and oxygen atoms in total. The van der Waals surface area contributed by atoms with Gasteiger partial charge in [0.15, 0.2) is 5.75 Å². The van der Waals surface area contributed by atoms with Crippen molar-refractivity contribution in [3.8, 4) is 5.75 Å². The first-order chi connectivity index (χ1) is 10.2. The SMILES string of the molecule is CCCn1ncc(OC)c1C(N)CSc1cccc(Cl)c1. The van der Waals surface area contributed by atoms with E-state index < -0.39 is 0 Å². The molecular weight excluding hydrogens is 306 g/mol. The minimum absolute atomic E-state index is 0.141. The van der Waals surface area contributed by atoms with Crippen molar-refractivity contribution in [2.75, 3.05) is 12.9 Å². The monoisotopic (exact) mass is 325 g/mol. The number of nitrogens with two attached hydrogens (primary N) is 1. The highest BCUT2D eigenvalue weighted by Gasteiger charge is 2.18. The van der Waals surface area contributed by atoms with Crippen molar-refractivity contribution in [2.24, 2.45) is 5.73 Å². The molecule has 0 amide bonds. The molecule has 1 heterocycles. The zero-order valence-corrected chi connectivity index (χ0v) is 13.8. The summed E-state index contributed by atoms with van der Waals surface area (Å²) in [4.78, 5) is 1.11. The van der Waals surface area contributed by atoms with Crippen LogP contribution in [0.3, 0.4) is 0 Å². The third-order valence-electron chi connectivity index (χ3n) is 3.08. The van der Waals surface area contributed by atoms with Crippen molar-refractivity contribution in [1.82, 2.24) is 9.78 Å². The van der Waals surface area contributed by atoms with Crippen LogP contribution in [0.4, 0.5) is 0 Å². The van der Waals surface area contributed by atoms with E-state index in [9.17, 15) is 0 Å². The number of ether oxygens (including phenoxy) is 1. The average molecular weight is 326 g/mol. The zero-order chi connectivity index (χ0) is 15.2. The van der Waals surface area contributed by atoms with Gasteiger partial charge in [-0.1, -0.05) is 24.6 Å². The molecule has 1 atom stereocenters. The lowest BCUT2D eigenvalue weighted by atomic mass is 10.2. The standard InChI is InChI=1S/C15H20ClN3OS/c1-3-7-19-15(14(20-2)9-18-19)13(17)10-21-12-6-4-5-11(16)8-12/h4-6,8-9,13H,3,7,10,17H2,1-2H3. The molecule has 114 valence electrons. The number of aryl methyl sites for hydroxylation is 1. The molecule has 0 aliphatic heterocycles.